The summed E-state index contributed by atoms with van der Waals surface area (Å²) in [4.78, 5) is 4.74. The maximum Gasteiger partial charge on any atom is 0.187 e. The van der Waals surface area contributed by atoms with Crippen LogP contribution in [0.25, 0.3) is 5.57 Å². The zero-order valence-corrected chi connectivity index (χ0v) is 15.7. The first-order chi connectivity index (χ1) is 12.2. The third-order valence-corrected chi connectivity index (χ3v) is 5.99. The third-order valence-electron chi connectivity index (χ3n) is 5.00. The number of allylic oxidation sites excluding steroid dienone is 5. The van der Waals surface area contributed by atoms with Gasteiger partial charge in [0.2, 0.25) is 0 Å². The van der Waals surface area contributed by atoms with Crippen LogP contribution in [0.5, 0.6) is 0 Å². The van der Waals surface area contributed by atoms with Crippen LogP contribution < -0.4 is 5.32 Å². The minimum absolute atomic E-state index is 0.717. The number of hydrogen-bond donors (Lipinski definition) is 1. The highest BCUT2D eigenvalue weighted by atomic mass is 35.5. The van der Waals surface area contributed by atoms with E-state index in [9.17, 15) is 0 Å². The quantitative estimate of drug-likeness (QED) is 0.628. The SMILES string of the molecule is C=C1CC(C2CCCC2)=CC=C1c1csc(Nc2cccc(Cl)c2)n1. The second kappa shape index (κ2) is 7.19. The maximum atomic E-state index is 6.04. The molecule has 2 nitrogen and oxygen atoms in total. The Hall–Kier alpha value is -1.84. The van der Waals surface area contributed by atoms with Gasteiger partial charge in [0.25, 0.3) is 0 Å². The molecule has 2 aromatic rings. The van der Waals surface area contributed by atoms with E-state index >= 15 is 0 Å². The van der Waals surface area contributed by atoms with Crippen molar-refractivity contribution in [3.05, 3.63) is 70.2 Å². The van der Waals surface area contributed by atoms with Crippen LogP contribution in [0.15, 0.2) is 59.5 Å². The van der Waals surface area contributed by atoms with E-state index in [4.69, 9.17) is 16.6 Å². The number of benzene rings is 1. The van der Waals surface area contributed by atoms with Crippen LogP contribution in [-0.4, -0.2) is 4.98 Å². The summed E-state index contributed by atoms with van der Waals surface area (Å²) >= 11 is 7.64. The molecule has 0 bridgehead atoms. The van der Waals surface area contributed by atoms with Gasteiger partial charge in [0, 0.05) is 21.7 Å². The summed E-state index contributed by atoms with van der Waals surface area (Å²) < 4.78 is 0. The van der Waals surface area contributed by atoms with Crippen LogP contribution in [0.4, 0.5) is 10.8 Å². The van der Waals surface area contributed by atoms with E-state index in [0.717, 1.165) is 39.4 Å². The van der Waals surface area contributed by atoms with E-state index in [0.29, 0.717) is 0 Å². The molecule has 1 fully saturated rings. The molecule has 4 rings (SSSR count). The van der Waals surface area contributed by atoms with E-state index in [1.54, 1.807) is 16.9 Å². The highest BCUT2D eigenvalue weighted by Gasteiger charge is 2.23. The molecule has 0 spiro atoms. The number of thiazole rings is 1. The molecule has 0 unspecified atom stereocenters. The van der Waals surface area contributed by atoms with Gasteiger partial charge in [0.1, 0.15) is 0 Å². The van der Waals surface area contributed by atoms with Gasteiger partial charge in [0.15, 0.2) is 5.13 Å². The summed E-state index contributed by atoms with van der Waals surface area (Å²) in [7, 11) is 0. The van der Waals surface area contributed by atoms with Crippen LogP contribution in [0.1, 0.15) is 37.8 Å². The van der Waals surface area contributed by atoms with Crippen molar-refractivity contribution in [3.8, 4) is 0 Å². The average Bonchev–Trinajstić information content (AvgIpc) is 3.26. The molecule has 0 aliphatic heterocycles. The highest BCUT2D eigenvalue weighted by Crippen LogP contribution is 2.40. The largest absolute Gasteiger partial charge is 0.331 e. The zero-order valence-electron chi connectivity index (χ0n) is 14.1. The molecule has 0 radical (unpaired) electrons. The number of hydrogen-bond acceptors (Lipinski definition) is 3. The van der Waals surface area contributed by atoms with E-state index in [2.05, 4.69) is 29.4 Å². The first-order valence-corrected chi connectivity index (χ1v) is 10.0. The number of nitrogens with zero attached hydrogens (tertiary/aromatic N) is 1. The lowest BCUT2D eigenvalue weighted by molar-refractivity contribution is 0.626. The van der Waals surface area contributed by atoms with E-state index in [-0.39, 0.29) is 0 Å². The summed E-state index contributed by atoms with van der Waals surface area (Å²) in [6, 6.07) is 7.69. The molecule has 1 aromatic heterocycles. The van der Waals surface area contributed by atoms with Gasteiger partial charge in [-0.25, -0.2) is 4.98 Å². The van der Waals surface area contributed by atoms with Crippen molar-refractivity contribution < 1.29 is 0 Å². The molecule has 4 heteroatoms. The van der Waals surface area contributed by atoms with Crippen molar-refractivity contribution in [2.75, 3.05) is 5.32 Å². The Balaban J connectivity index is 1.52. The van der Waals surface area contributed by atoms with Crippen molar-refractivity contribution in [2.24, 2.45) is 5.92 Å². The fourth-order valence-corrected chi connectivity index (χ4v) is 4.62. The van der Waals surface area contributed by atoms with Gasteiger partial charge in [-0.1, -0.05) is 54.8 Å². The Morgan fingerprint density at radius 1 is 1.20 bits per heavy atom. The van der Waals surface area contributed by atoms with Gasteiger partial charge in [-0.2, -0.15) is 0 Å². The summed E-state index contributed by atoms with van der Waals surface area (Å²) in [6.07, 6.45) is 10.9. The third kappa shape index (κ3) is 3.73. The number of aromatic nitrogens is 1. The molecular weight excluding hydrogens is 348 g/mol. The molecule has 2 aliphatic carbocycles. The van der Waals surface area contributed by atoms with Crippen LogP contribution >= 0.6 is 22.9 Å². The number of halogens is 1. The predicted molar refractivity (Wildman–Crippen MR) is 109 cm³/mol. The molecule has 128 valence electrons. The smallest absolute Gasteiger partial charge is 0.187 e. The summed E-state index contributed by atoms with van der Waals surface area (Å²) in [5, 5.41) is 7.01. The second-order valence-electron chi connectivity index (χ2n) is 6.76. The minimum atomic E-state index is 0.717. The van der Waals surface area contributed by atoms with Crippen molar-refractivity contribution >= 4 is 39.3 Å². The summed E-state index contributed by atoms with van der Waals surface area (Å²) in [5.41, 5.74) is 5.86. The second-order valence-corrected chi connectivity index (χ2v) is 8.05. The predicted octanol–water partition coefficient (Wildman–Crippen LogP) is 7.00. The molecule has 1 N–H and O–H groups in total. The zero-order chi connectivity index (χ0) is 17.2. The first kappa shape index (κ1) is 16.6. The first-order valence-electron chi connectivity index (χ1n) is 8.76. The van der Waals surface area contributed by atoms with Crippen LogP contribution in [-0.2, 0) is 0 Å². The Morgan fingerprint density at radius 2 is 2.04 bits per heavy atom. The fourth-order valence-electron chi connectivity index (χ4n) is 3.70. The molecule has 0 atom stereocenters. The average molecular weight is 369 g/mol. The monoisotopic (exact) mass is 368 g/mol. The number of rotatable bonds is 4. The van der Waals surface area contributed by atoms with Crippen molar-refractivity contribution in [2.45, 2.75) is 32.1 Å². The van der Waals surface area contributed by atoms with Crippen molar-refractivity contribution in [3.63, 3.8) is 0 Å². The van der Waals surface area contributed by atoms with Crippen molar-refractivity contribution in [1.82, 2.24) is 4.98 Å². The standard InChI is InChI=1S/C21H21ClN2S/c1-14-11-16(15-5-2-3-6-15)9-10-19(14)20-13-25-21(24-20)23-18-8-4-7-17(22)12-18/h4,7-10,12-13,15H,1-3,5-6,11H2,(H,23,24). The minimum Gasteiger partial charge on any atom is -0.331 e. The fraction of sp³-hybridized carbons (Fsp3) is 0.286. The lowest BCUT2D eigenvalue weighted by atomic mass is 9.85. The Bertz CT molecular complexity index is 856. The molecule has 2 aliphatic rings. The molecular formula is C21H21ClN2S. The Labute approximate surface area is 158 Å². The summed E-state index contributed by atoms with van der Waals surface area (Å²) in [5.74, 6) is 0.769. The molecule has 1 aromatic carbocycles. The van der Waals surface area contributed by atoms with Gasteiger partial charge in [0.05, 0.1) is 5.69 Å². The topological polar surface area (TPSA) is 24.9 Å². The maximum absolute atomic E-state index is 6.04. The normalized spacial score (nSPS) is 18.2. The lowest BCUT2D eigenvalue weighted by Gasteiger charge is -2.20. The van der Waals surface area contributed by atoms with Crippen molar-refractivity contribution in [1.29, 1.82) is 0 Å². The van der Waals surface area contributed by atoms with Crippen LogP contribution in [0.2, 0.25) is 5.02 Å². The molecule has 25 heavy (non-hydrogen) atoms. The van der Waals surface area contributed by atoms with E-state index < -0.39 is 0 Å². The highest BCUT2D eigenvalue weighted by molar-refractivity contribution is 7.13. The Morgan fingerprint density at radius 3 is 2.80 bits per heavy atom. The van der Waals surface area contributed by atoms with Crippen LogP contribution in [0, 0.1) is 5.92 Å². The lowest BCUT2D eigenvalue weighted by Crippen LogP contribution is -2.04. The van der Waals surface area contributed by atoms with E-state index in [1.807, 2.05) is 24.3 Å². The number of anilines is 2. The van der Waals surface area contributed by atoms with E-state index in [1.165, 1.54) is 31.3 Å². The number of nitrogens with one attached hydrogen (secondary N) is 1. The molecule has 1 heterocycles. The van der Waals surface area contributed by atoms with Gasteiger partial charge in [-0.3, -0.25) is 0 Å². The van der Waals surface area contributed by atoms with Crippen LogP contribution in [0.3, 0.4) is 0 Å². The van der Waals surface area contributed by atoms with Gasteiger partial charge >= 0.3 is 0 Å². The Kier molecular flexibility index (Phi) is 4.78. The van der Waals surface area contributed by atoms with Gasteiger partial charge < -0.3 is 5.32 Å². The molecule has 0 saturated heterocycles. The molecule has 0 amide bonds. The molecule has 1 saturated carbocycles. The summed E-state index contributed by atoms with van der Waals surface area (Å²) in [6.45, 7) is 4.32. The van der Waals surface area contributed by atoms with Gasteiger partial charge in [-0.15, -0.1) is 11.3 Å². The van der Waals surface area contributed by atoms with Gasteiger partial charge in [-0.05, 0) is 49.0 Å².